The van der Waals surface area contributed by atoms with E-state index < -0.39 is 10.0 Å². The van der Waals surface area contributed by atoms with Crippen molar-refractivity contribution in [3.8, 4) is 0 Å². The van der Waals surface area contributed by atoms with Gasteiger partial charge >= 0.3 is 0 Å². The Bertz CT molecular complexity index is 513. The summed E-state index contributed by atoms with van der Waals surface area (Å²) in [4.78, 5) is 4.24. The van der Waals surface area contributed by atoms with Crippen LogP contribution in [0.25, 0.3) is 0 Å². The number of pyridine rings is 1. The number of hydrogen-bond donors (Lipinski definition) is 0. The second kappa shape index (κ2) is 7.87. The molecule has 2 rings (SSSR count). The van der Waals surface area contributed by atoms with Crippen molar-refractivity contribution in [3.63, 3.8) is 0 Å². The van der Waals surface area contributed by atoms with Gasteiger partial charge in [-0.2, -0.15) is 4.31 Å². The van der Waals surface area contributed by atoms with Crippen LogP contribution in [0.3, 0.4) is 0 Å². The lowest BCUT2D eigenvalue weighted by Crippen LogP contribution is -2.38. The Hall–Kier alpha value is -0.980. The minimum Gasteiger partial charge on any atom is -0.377 e. The molecule has 1 aromatic heterocycles. The van der Waals surface area contributed by atoms with Gasteiger partial charge in [0.15, 0.2) is 0 Å². The molecular weight excluding hydrogens is 288 g/mol. The highest BCUT2D eigenvalue weighted by atomic mass is 32.2. The molecule has 0 bridgehead atoms. The summed E-state index contributed by atoms with van der Waals surface area (Å²) in [6.07, 6.45) is 5.21. The molecule has 0 aromatic carbocycles. The Kier molecular flexibility index (Phi) is 6.14. The van der Waals surface area contributed by atoms with E-state index in [1.165, 1.54) is 0 Å². The number of aromatic nitrogens is 1. The van der Waals surface area contributed by atoms with E-state index in [0.29, 0.717) is 19.5 Å². The fraction of sp³-hybridized carbons (Fsp3) is 0.667. The van der Waals surface area contributed by atoms with Gasteiger partial charge in [-0.1, -0.05) is 19.4 Å². The number of unbranched alkanes of at least 4 members (excludes halogenated alkanes) is 1. The molecule has 2 heterocycles. The lowest BCUT2D eigenvalue weighted by molar-refractivity contribution is 0.0924. The molecule has 1 aromatic rings. The van der Waals surface area contributed by atoms with Crippen LogP contribution < -0.4 is 0 Å². The Morgan fingerprint density at radius 3 is 2.90 bits per heavy atom. The lowest BCUT2D eigenvalue weighted by Gasteiger charge is -2.24. The zero-order valence-electron chi connectivity index (χ0n) is 12.6. The first-order chi connectivity index (χ1) is 10.1. The van der Waals surface area contributed by atoms with Gasteiger partial charge in [0.05, 0.1) is 24.1 Å². The molecule has 1 saturated heterocycles. The molecule has 1 unspecified atom stereocenters. The topological polar surface area (TPSA) is 59.5 Å². The number of nitrogens with zero attached hydrogens (tertiary/aromatic N) is 2. The highest BCUT2D eigenvalue weighted by Crippen LogP contribution is 2.18. The molecule has 1 fully saturated rings. The smallest absolute Gasteiger partial charge is 0.214 e. The van der Waals surface area contributed by atoms with E-state index in [9.17, 15) is 8.42 Å². The zero-order chi connectivity index (χ0) is 15.1. The van der Waals surface area contributed by atoms with Crippen molar-refractivity contribution in [1.82, 2.24) is 9.29 Å². The van der Waals surface area contributed by atoms with Gasteiger partial charge in [0, 0.05) is 19.3 Å². The highest BCUT2D eigenvalue weighted by Gasteiger charge is 2.27. The molecule has 118 valence electrons. The van der Waals surface area contributed by atoms with Crippen molar-refractivity contribution in [2.24, 2.45) is 0 Å². The second-order valence-corrected chi connectivity index (χ2v) is 7.51. The summed E-state index contributed by atoms with van der Waals surface area (Å²) in [7, 11) is -3.26. The van der Waals surface area contributed by atoms with Crippen molar-refractivity contribution in [2.75, 3.05) is 18.9 Å². The molecule has 0 N–H and O–H groups in total. The summed E-state index contributed by atoms with van der Waals surface area (Å²) in [5.41, 5.74) is 0.774. The van der Waals surface area contributed by atoms with E-state index in [2.05, 4.69) is 4.98 Å². The van der Waals surface area contributed by atoms with Gasteiger partial charge < -0.3 is 4.74 Å². The summed E-state index contributed by atoms with van der Waals surface area (Å²) >= 11 is 0. The summed E-state index contributed by atoms with van der Waals surface area (Å²) < 4.78 is 32.2. The van der Waals surface area contributed by atoms with Gasteiger partial charge in [0.25, 0.3) is 0 Å². The summed E-state index contributed by atoms with van der Waals surface area (Å²) in [6.45, 7) is 3.49. The zero-order valence-corrected chi connectivity index (χ0v) is 13.4. The minimum atomic E-state index is -3.26. The molecule has 5 nitrogen and oxygen atoms in total. The van der Waals surface area contributed by atoms with Crippen molar-refractivity contribution in [3.05, 3.63) is 30.1 Å². The van der Waals surface area contributed by atoms with Gasteiger partial charge in [-0.3, -0.25) is 4.98 Å². The van der Waals surface area contributed by atoms with E-state index in [-0.39, 0.29) is 11.9 Å². The maximum atomic E-state index is 12.5. The van der Waals surface area contributed by atoms with E-state index >= 15 is 0 Å². The average molecular weight is 312 g/mol. The second-order valence-electron chi connectivity index (χ2n) is 5.42. The molecule has 0 spiro atoms. The van der Waals surface area contributed by atoms with Gasteiger partial charge in [-0.15, -0.1) is 0 Å². The first-order valence-corrected chi connectivity index (χ1v) is 9.22. The van der Waals surface area contributed by atoms with Gasteiger partial charge in [-0.25, -0.2) is 8.42 Å². The van der Waals surface area contributed by atoms with Crippen LogP contribution >= 0.6 is 0 Å². The van der Waals surface area contributed by atoms with Crippen LogP contribution in [0.15, 0.2) is 24.4 Å². The van der Waals surface area contributed by atoms with Gasteiger partial charge in [-0.05, 0) is 31.4 Å². The minimum absolute atomic E-state index is 0.0186. The SMILES string of the molecule is CCCCS(=O)(=O)N(Cc1ccccn1)CC1CCCO1. The Morgan fingerprint density at radius 2 is 2.29 bits per heavy atom. The predicted octanol–water partition coefficient (Wildman–Crippen LogP) is 2.19. The van der Waals surface area contributed by atoms with Crippen LogP contribution in [0, 0.1) is 0 Å². The monoisotopic (exact) mass is 312 g/mol. The standard InChI is InChI=1S/C15H24N2O3S/c1-2-3-11-21(18,19)17(13-15-8-6-10-20-15)12-14-7-4-5-9-16-14/h4-5,7,9,15H,2-3,6,8,10-13H2,1H3. The molecule has 0 saturated carbocycles. The average Bonchev–Trinajstić information content (AvgIpc) is 2.99. The third-order valence-electron chi connectivity index (χ3n) is 3.64. The maximum absolute atomic E-state index is 12.5. The van der Waals surface area contributed by atoms with Crippen molar-refractivity contribution >= 4 is 10.0 Å². The van der Waals surface area contributed by atoms with Crippen LogP contribution in [-0.4, -0.2) is 42.7 Å². The summed E-state index contributed by atoms with van der Waals surface area (Å²) in [5.74, 6) is 0.197. The Morgan fingerprint density at radius 1 is 1.43 bits per heavy atom. The van der Waals surface area contributed by atoms with Crippen molar-refractivity contribution < 1.29 is 13.2 Å². The number of rotatable bonds is 8. The summed E-state index contributed by atoms with van der Waals surface area (Å²) in [6, 6.07) is 5.57. The molecule has 1 aliphatic rings. The van der Waals surface area contributed by atoms with Crippen LogP contribution in [-0.2, 0) is 21.3 Å². The van der Waals surface area contributed by atoms with Gasteiger partial charge in [0.2, 0.25) is 10.0 Å². The Labute approximate surface area is 127 Å². The highest BCUT2D eigenvalue weighted by molar-refractivity contribution is 7.89. The molecule has 0 amide bonds. The maximum Gasteiger partial charge on any atom is 0.214 e. The fourth-order valence-corrected chi connectivity index (χ4v) is 4.05. The van der Waals surface area contributed by atoms with E-state index in [4.69, 9.17) is 4.74 Å². The quantitative estimate of drug-likeness (QED) is 0.738. The molecule has 1 aliphatic heterocycles. The van der Waals surface area contributed by atoms with Gasteiger partial charge in [0.1, 0.15) is 0 Å². The normalized spacial score (nSPS) is 19.2. The van der Waals surface area contributed by atoms with Crippen molar-refractivity contribution in [1.29, 1.82) is 0 Å². The third kappa shape index (κ3) is 5.05. The van der Waals surface area contributed by atoms with E-state index in [1.54, 1.807) is 10.5 Å². The van der Waals surface area contributed by atoms with Crippen LogP contribution in [0.4, 0.5) is 0 Å². The molecule has 0 aliphatic carbocycles. The van der Waals surface area contributed by atoms with Crippen LogP contribution in [0.1, 0.15) is 38.3 Å². The van der Waals surface area contributed by atoms with E-state index in [0.717, 1.165) is 31.6 Å². The first kappa shape index (κ1) is 16.4. The van der Waals surface area contributed by atoms with Crippen molar-refractivity contribution in [2.45, 2.75) is 45.3 Å². The fourth-order valence-electron chi connectivity index (χ4n) is 2.42. The molecular formula is C15H24N2O3S. The Balaban J connectivity index is 2.09. The molecule has 0 radical (unpaired) electrons. The lowest BCUT2D eigenvalue weighted by atomic mass is 10.2. The predicted molar refractivity (Wildman–Crippen MR) is 82.3 cm³/mol. The molecule has 21 heavy (non-hydrogen) atoms. The summed E-state index contributed by atoms with van der Waals surface area (Å²) in [5, 5.41) is 0. The molecule has 6 heteroatoms. The first-order valence-electron chi connectivity index (χ1n) is 7.61. The van der Waals surface area contributed by atoms with E-state index in [1.807, 2.05) is 25.1 Å². The largest absolute Gasteiger partial charge is 0.377 e. The number of ether oxygens (including phenoxy) is 1. The number of hydrogen-bond acceptors (Lipinski definition) is 4. The van der Waals surface area contributed by atoms with Crippen LogP contribution in [0.5, 0.6) is 0 Å². The number of sulfonamides is 1. The third-order valence-corrected chi connectivity index (χ3v) is 5.51. The molecule has 1 atom stereocenters. The van der Waals surface area contributed by atoms with Crippen LogP contribution in [0.2, 0.25) is 0 Å².